The smallest absolute Gasteiger partial charge is 0.332 e. The second-order valence-electron chi connectivity index (χ2n) is 6.90. The van der Waals surface area contributed by atoms with Crippen molar-refractivity contribution in [2.24, 2.45) is 14.1 Å². The van der Waals surface area contributed by atoms with Gasteiger partial charge in [-0.15, -0.1) is 0 Å². The van der Waals surface area contributed by atoms with Crippen molar-refractivity contribution >= 4 is 5.82 Å². The summed E-state index contributed by atoms with van der Waals surface area (Å²) in [4.78, 5) is 23.6. The summed E-state index contributed by atoms with van der Waals surface area (Å²) in [5.41, 5.74) is 0.392. The van der Waals surface area contributed by atoms with Crippen molar-refractivity contribution in [3.05, 3.63) is 87.1 Å². The molecule has 0 aliphatic heterocycles. The highest BCUT2D eigenvalue weighted by molar-refractivity contribution is 5.33. The van der Waals surface area contributed by atoms with E-state index in [-0.39, 0.29) is 11.2 Å². The van der Waals surface area contributed by atoms with Crippen molar-refractivity contribution in [2.45, 2.75) is 6.61 Å². The van der Waals surface area contributed by atoms with Crippen LogP contribution < -0.4 is 26.0 Å². The summed E-state index contributed by atoms with van der Waals surface area (Å²) in [7, 11) is 3.06. The van der Waals surface area contributed by atoms with Crippen LogP contribution in [0.2, 0.25) is 0 Å². The number of ether oxygens (including phenoxy) is 3. The molecule has 1 N–H and O–H groups in total. The van der Waals surface area contributed by atoms with E-state index in [1.165, 1.54) is 17.7 Å². The number of nitrogens with zero attached hydrogens (tertiary/aromatic N) is 2. The zero-order valence-corrected chi connectivity index (χ0v) is 17.7. The predicted molar refractivity (Wildman–Crippen MR) is 119 cm³/mol. The molecule has 0 aliphatic carbocycles. The highest BCUT2D eigenvalue weighted by Crippen LogP contribution is 2.18. The fourth-order valence-corrected chi connectivity index (χ4v) is 2.85. The molecule has 1 aromatic heterocycles. The van der Waals surface area contributed by atoms with Gasteiger partial charge in [-0.2, -0.15) is 0 Å². The van der Waals surface area contributed by atoms with Gasteiger partial charge in [0, 0.05) is 26.7 Å². The van der Waals surface area contributed by atoms with Crippen LogP contribution in [-0.2, 0) is 25.4 Å². The first-order valence-corrected chi connectivity index (χ1v) is 10.0. The van der Waals surface area contributed by atoms with E-state index in [0.29, 0.717) is 38.8 Å². The minimum atomic E-state index is -0.374. The Labute approximate surface area is 180 Å². The first-order chi connectivity index (χ1) is 15.0. The molecule has 0 bridgehead atoms. The van der Waals surface area contributed by atoms with Crippen LogP contribution in [-0.4, -0.2) is 35.5 Å². The van der Waals surface area contributed by atoms with E-state index in [9.17, 15) is 9.59 Å². The molecule has 2 aromatic carbocycles. The van der Waals surface area contributed by atoms with Gasteiger partial charge < -0.3 is 19.5 Å². The second kappa shape index (κ2) is 11.0. The molecule has 1 heterocycles. The third-order valence-electron chi connectivity index (χ3n) is 4.65. The van der Waals surface area contributed by atoms with E-state index in [0.717, 1.165) is 21.6 Å². The molecule has 164 valence electrons. The maximum absolute atomic E-state index is 11.9. The van der Waals surface area contributed by atoms with Gasteiger partial charge in [-0.25, -0.2) is 4.79 Å². The Kier molecular flexibility index (Phi) is 7.89. The molecule has 8 heteroatoms. The van der Waals surface area contributed by atoms with Crippen LogP contribution in [0.3, 0.4) is 0 Å². The molecule has 8 nitrogen and oxygen atoms in total. The number of anilines is 1. The molecule has 3 rings (SSSR count). The molecule has 0 radical (unpaired) electrons. The van der Waals surface area contributed by atoms with Crippen molar-refractivity contribution in [1.29, 1.82) is 0 Å². The lowest BCUT2D eigenvalue weighted by molar-refractivity contribution is 0.107. The van der Waals surface area contributed by atoms with Gasteiger partial charge in [-0.3, -0.25) is 13.9 Å². The monoisotopic (exact) mass is 425 g/mol. The molecule has 3 aromatic rings. The van der Waals surface area contributed by atoms with Crippen molar-refractivity contribution in [3.8, 4) is 11.5 Å². The molecule has 31 heavy (non-hydrogen) atoms. The zero-order chi connectivity index (χ0) is 22.1. The van der Waals surface area contributed by atoms with Crippen molar-refractivity contribution in [3.63, 3.8) is 0 Å². The minimum absolute atomic E-state index is 0.351. The van der Waals surface area contributed by atoms with Gasteiger partial charge in [0.25, 0.3) is 5.56 Å². The minimum Gasteiger partial charge on any atom is -0.491 e. The third-order valence-corrected chi connectivity index (χ3v) is 4.65. The molecular weight excluding hydrogens is 398 g/mol. The van der Waals surface area contributed by atoms with E-state index in [1.54, 1.807) is 7.05 Å². The molecule has 0 atom stereocenters. The van der Waals surface area contributed by atoms with E-state index < -0.39 is 0 Å². The first-order valence-electron chi connectivity index (χ1n) is 10.0. The average Bonchev–Trinajstić information content (AvgIpc) is 2.80. The van der Waals surface area contributed by atoms with Gasteiger partial charge in [-0.1, -0.05) is 30.3 Å². The number of hydrogen-bond acceptors (Lipinski definition) is 6. The third kappa shape index (κ3) is 6.48. The van der Waals surface area contributed by atoms with Crippen LogP contribution >= 0.6 is 0 Å². The summed E-state index contributed by atoms with van der Waals surface area (Å²) in [6.45, 7) is 2.24. The van der Waals surface area contributed by atoms with Crippen LogP contribution in [0.4, 0.5) is 5.82 Å². The Morgan fingerprint density at radius 1 is 0.806 bits per heavy atom. The first kappa shape index (κ1) is 22.2. The van der Waals surface area contributed by atoms with Crippen molar-refractivity contribution < 1.29 is 14.2 Å². The van der Waals surface area contributed by atoms with Gasteiger partial charge in [0.05, 0.1) is 13.2 Å². The largest absolute Gasteiger partial charge is 0.491 e. The highest BCUT2D eigenvalue weighted by atomic mass is 16.5. The molecule has 0 spiro atoms. The number of benzene rings is 2. The predicted octanol–water partition coefficient (Wildman–Crippen LogP) is 2.17. The Bertz CT molecular complexity index is 1080. The molecule has 0 saturated heterocycles. The van der Waals surface area contributed by atoms with Crippen LogP contribution in [0.25, 0.3) is 0 Å². The SMILES string of the molecule is Cn1c(NCCOCCOc2ccc(OCc3ccccc3)cc2)cc(=O)n(C)c1=O. The molecule has 0 aliphatic rings. The highest BCUT2D eigenvalue weighted by Gasteiger charge is 2.05. The number of aromatic nitrogens is 2. The van der Waals surface area contributed by atoms with Crippen molar-refractivity contribution in [2.75, 3.05) is 31.7 Å². The maximum Gasteiger partial charge on any atom is 0.332 e. The zero-order valence-electron chi connectivity index (χ0n) is 17.7. The van der Waals surface area contributed by atoms with Crippen LogP contribution in [0.5, 0.6) is 11.5 Å². The van der Waals surface area contributed by atoms with Crippen LogP contribution in [0.1, 0.15) is 5.56 Å². The molecule has 0 amide bonds. The summed E-state index contributed by atoms with van der Waals surface area (Å²) in [5, 5.41) is 3.03. The fourth-order valence-electron chi connectivity index (χ4n) is 2.85. The molecule has 0 fully saturated rings. The van der Waals surface area contributed by atoms with E-state index in [4.69, 9.17) is 14.2 Å². The standard InChI is InChI=1S/C23H27N3O5/c1-25-21(16-22(27)26(2)23(25)28)24-12-13-29-14-15-30-19-8-10-20(11-9-19)31-17-18-6-4-3-5-7-18/h3-11,16,24H,12-15,17H2,1-2H3. The molecular formula is C23H27N3O5. The van der Waals surface area contributed by atoms with Gasteiger partial charge in [0.1, 0.15) is 30.5 Å². The topological polar surface area (TPSA) is 83.7 Å². The molecule has 0 unspecified atom stereocenters. The lowest BCUT2D eigenvalue weighted by Crippen LogP contribution is -2.37. The Morgan fingerprint density at radius 2 is 1.48 bits per heavy atom. The van der Waals surface area contributed by atoms with E-state index >= 15 is 0 Å². The summed E-state index contributed by atoms with van der Waals surface area (Å²) in [5.74, 6) is 1.98. The summed E-state index contributed by atoms with van der Waals surface area (Å²) >= 11 is 0. The maximum atomic E-state index is 11.9. The lowest BCUT2D eigenvalue weighted by Gasteiger charge is -2.12. The second-order valence-corrected chi connectivity index (χ2v) is 6.90. The van der Waals surface area contributed by atoms with E-state index in [1.807, 2.05) is 54.6 Å². The number of rotatable bonds is 11. The van der Waals surface area contributed by atoms with Gasteiger partial charge >= 0.3 is 5.69 Å². The summed E-state index contributed by atoms with van der Waals surface area (Å²) in [6, 6.07) is 18.8. The van der Waals surface area contributed by atoms with E-state index in [2.05, 4.69) is 5.32 Å². The fraction of sp³-hybridized carbons (Fsp3) is 0.304. The van der Waals surface area contributed by atoms with Gasteiger partial charge in [0.15, 0.2) is 0 Å². The lowest BCUT2D eigenvalue weighted by atomic mass is 10.2. The Hall–Kier alpha value is -3.52. The molecule has 0 saturated carbocycles. The van der Waals surface area contributed by atoms with Crippen LogP contribution in [0, 0.1) is 0 Å². The number of hydrogen-bond donors (Lipinski definition) is 1. The summed E-state index contributed by atoms with van der Waals surface area (Å²) < 4.78 is 19.4. The van der Waals surface area contributed by atoms with Gasteiger partial charge in [0.2, 0.25) is 0 Å². The van der Waals surface area contributed by atoms with Gasteiger partial charge in [-0.05, 0) is 29.8 Å². The Morgan fingerprint density at radius 3 is 2.19 bits per heavy atom. The van der Waals surface area contributed by atoms with Crippen LogP contribution in [0.15, 0.2) is 70.3 Å². The Balaban J connectivity index is 1.31. The number of nitrogens with one attached hydrogen (secondary N) is 1. The quantitative estimate of drug-likeness (QED) is 0.474. The normalized spacial score (nSPS) is 10.6. The van der Waals surface area contributed by atoms with Crippen molar-refractivity contribution in [1.82, 2.24) is 9.13 Å². The average molecular weight is 425 g/mol. The summed E-state index contributed by atoms with van der Waals surface area (Å²) in [6.07, 6.45) is 0.